The lowest BCUT2D eigenvalue weighted by Gasteiger charge is -2.05. The van der Waals surface area contributed by atoms with E-state index in [2.05, 4.69) is 27.1 Å². The number of rotatable bonds is 2. The van der Waals surface area contributed by atoms with Gasteiger partial charge in [-0.25, -0.2) is 4.98 Å². The van der Waals surface area contributed by atoms with Crippen LogP contribution in [0.5, 0.6) is 5.75 Å². The van der Waals surface area contributed by atoms with Crippen molar-refractivity contribution in [2.24, 2.45) is 0 Å². The van der Waals surface area contributed by atoms with E-state index < -0.39 is 0 Å². The number of methoxy groups -OCH3 is 1. The summed E-state index contributed by atoms with van der Waals surface area (Å²) in [6.45, 7) is 1.73. The Morgan fingerprint density at radius 3 is 2.30 bits per heavy atom. The Morgan fingerprint density at radius 1 is 0.967 bits per heavy atom. The van der Waals surface area contributed by atoms with Crippen LogP contribution < -0.4 is 10.1 Å². The van der Waals surface area contributed by atoms with Crippen molar-refractivity contribution in [2.45, 2.75) is 6.92 Å². The SMILES string of the molecule is COc1cc(C)nc(-c2cccc(C#CCO)n2)c1.O=C1NC(=O)c2ccccc21. The predicted octanol–water partition coefficient (Wildman–Crippen LogP) is 2.37. The zero-order chi connectivity index (χ0) is 21.5. The molecular weight excluding hydrogens is 382 g/mol. The highest BCUT2D eigenvalue weighted by molar-refractivity contribution is 6.21. The molecule has 0 unspecified atom stereocenters. The molecule has 7 heteroatoms. The van der Waals surface area contributed by atoms with E-state index in [9.17, 15) is 9.59 Å². The zero-order valence-electron chi connectivity index (χ0n) is 16.5. The van der Waals surface area contributed by atoms with Crippen LogP contribution in [-0.2, 0) is 0 Å². The molecule has 0 radical (unpaired) electrons. The van der Waals surface area contributed by atoms with Crippen molar-refractivity contribution in [3.63, 3.8) is 0 Å². The zero-order valence-corrected chi connectivity index (χ0v) is 16.5. The number of nitrogens with zero attached hydrogens (tertiary/aromatic N) is 2. The third-order valence-corrected chi connectivity index (χ3v) is 4.11. The van der Waals surface area contributed by atoms with Gasteiger partial charge in [0.15, 0.2) is 0 Å². The van der Waals surface area contributed by atoms with Crippen LogP contribution in [0.1, 0.15) is 32.1 Å². The van der Waals surface area contributed by atoms with Gasteiger partial charge in [0, 0.05) is 17.8 Å². The number of hydrogen-bond donors (Lipinski definition) is 2. The molecule has 0 saturated heterocycles. The van der Waals surface area contributed by atoms with Gasteiger partial charge in [-0.1, -0.05) is 24.1 Å². The summed E-state index contributed by atoms with van der Waals surface area (Å²) in [6, 6.07) is 15.9. The Hall–Kier alpha value is -4.02. The van der Waals surface area contributed by atoms with Crippen molar-refractivity contribution in [3.8, 4) is 29.0 Å². The molecule has 4 rings (SSSR count). The van der Waals surface area contributed by atoms with Crippen LogP contribution in [0.2, 0.25) is 0 Å². The number of ether oxygens (including phenoxy) is 1. The van der Waals surface area contributed by atoms with Crippen LogP contribution in [-0.4, -0.2) is 40.6 Å². The second-order valence-electron chi connectivity index (χ2n) is 6.23. The number of aromatic nitrogens is 2. The number of amides is 2. The third kappa shape index (κ3) is 4.87. The average Bonchev–Trinajstić information content (AvgIpc) is 3.06. The number of benzene rings is 1. The second kappa shape index (κ2) is 9.45. The summed E-state index contributed by atoms with van der Waals surface area (Å²) in [5.74, 6) is 5.50. The Bertz CT molecular complexity index is 1130. The summed E-state index contributed by atoms with van der Waals surface area (Å²) < 4.78 is 5.22. The molecule has 0 aliphatic carbocycles. The molecule has 0 atom stereocenters. The fraction of sp³-hybridized carbons (Fsp3) is 0.130. The van der Waals surface area contributed by atoms with E-state index in [1.54, 1.807) is 37.4 Å². The third-order valence-electron chi connectivity index (χ3n) is 4.11. The van der Waals surface area contributed by atoms with E-state index in [1.165, 1.54) is 0 Å². The van der Waals surface area contributed by atoms with E-state index in [4.69, 9.17) is 9.84 Å². The van der Waals surface area contributed by atoms with Crippen LogP contribution in [0.4, 0.5) is 0 Å². The van der Waals surface area contributed by atoms with Crippen LogP contribution >= 0.6 is 0 Å². The monoisotopic (exact) mass is 401 g/mol. The molecule has 3 heterocycles. The minimum Gasteiger partial charge on any atom is -0.497 e. The van der Waals surface area contributed by atoms with E-state index in [0.717, 1.165) is 22.8 Å². The Kier molecular flexibility index (Phi) is 6.53. The summed E-state index contributed by atoms with van der Waals surface area (Å²) in [4.78, 5) is 30.7. The number of aliphatic hydroxyl groups is 1. The summed E-state index contributed by atoms with van der Waals surface area (Å²) in [5.41, 5.74) is 3.88. The van der Waals surface area contributed by atoms with Crippen molar-refractivity contribution >= 4 is 11.8 Å². The maximum Gasteiger partial charge on any atom is 0.258 e. The normalized spacial score (nSPS) is 11.4. The van der Waals surface area contributed by atoms with E-state index >= 15 is 0 Å². The molecule has 7 nitrogen and oxygen atoms in total. The molecule has 2 amide bonds. The van der Waals surface area contributed by atoms with E-state index in [-0.39, 0.29) is 18.4 Å². The maximum atomic E-state index is 10.9. The molecule has 1 aromatic carbocycles. The number of carbonyl (C=O) groups excluding carboxylic acids is 2. The molecule has 2 N–H and O–H groups in total. The number of hydrogen-bond acceptors (Lipinski definition) is 6. The molecule has 2 aromatic heterocycles. The number of aryl methyl sites for hydroxylation is 1. The van der Waals surface area contributed by atoms with Crippen molar-refractivity contribution in [1.82, 2.24) is 15.3 Å². The fourth-order valence-electron chi connectivity index (χ4n) is 2.78. The fourth-order valence-corrected chi connectivity index (χ4v) is 2.78. The van der Waals surface area contributed by atoms with Crippen molar-refractivity contribution in [3.05, 3.63) is 77.1 Å². The quantitative estimate of drug-likeness (QED) is 0.505. The number of fused-ring (bicyclic) bond motifs is 1. The topological polar surface area (TPSA) is 101 Å². The molecule has 1 aliphatic heterocycles. The minimum absolute atomic E-state index is 0.178. The highest BCUT2D eigenvalue weighted by Crippen LogP contribution is 2.21. The van der Waals surface area contributed by atoms with Gasteiger partial charge in [-0.15, -0.1) is 0 Å². The molecule has 0 bridgehead atoms. The lowest BCUT2D eigenvalue weighted by atomic mass is 10.1. The van der Waals surface area contributed by atoms with Gasteiger partial charge in [-0.3, -0.25) is 19.9 Å². The number of aliphatic hydroxyl groups excluding tert-OH is 1. The lowest BCUT2D eigenvalue weighted by molar-refractivity contribution is 0.0879. The smallest absolute Gasteiger partial charge is 0.258 e. The molecule has 0 fully saturated rings. The maximum absolute atomic E-state index is 10.9. The van der Waals surface area contributed by atoms with Gasteiger partial charge in [0.1, 0.15) is 18.1 Å². The molecule has 0 saturated carbocycles. The highest BCUT2D eigenvalue weighted by atomic mass is 16.5. The van der Waals surface area contributed by atoms with Gasteiger partial charge < -0.3 is 9.84 Å². The molecule has 30 heavy (non-hydrogen) atoms. The van der Waals surface area contributed by atoms with E-state index in [0.29, 0.717) is 16.8 Å². The Balaban J connectivity index is 0.000000196. The molecule has 150 valence electrons. The van der Waals surface area contributed by atoms with E-state index in [1.807, 2.05) is 31.2 Å². The van der Waals surface area contributed by atoms with Crippen LogP contribution in [0, 0.1) is 18.8 Å². The second-order valence-corrected chi connectivity index (χ2v) is 6.23. The average molecular weight is 401 g/mol. The highest BCUT2D eigenvalue weighted by Gasteiger charge is 2.25. The summed E-state index contributed by atoms with van der Waals surface area (Å²) in [7, 11) is 1.62. The number of carbonyl (C=O) groups is 2. The summed E-state index contributed by atoms with van der Waals surface area (Å²) in [6.07, 6.45) is 0. The number of imide groups is 1. The first-order valence-electron chi connectivity index (χ1n) is 9.06. The Morgan fingerprint density at radius 2 is 1.67 bits per heavy atom. The first kappa shape index (κ1) is 20.7. The van der Waals surface area contributed by atoms with Crippen LogP contribution in [0.25, 0.3) is 11.4 Å². The first-order valence-corrected chi connectivity index (χ1v) is 9.06. The van der Waals surface area contributed by atoms with Crippen molar-refractivity contribution in [2.75, 3.05) is 13.7 Å². The molecule has 3 aromatic rings. The summed E-state index contributed by atoms with van der Waals surface area (Å²) >= 11 is 0. The number of nitrogens with one attached hydrogen (secondary N) is 1. The van der Waals surface area contributed by atoms with Crippen molar-refractivity contribution in [1.29, 1.82) is 0 Å². The molecule has 0 spiro atoms. The summed E-state index contributed by atoms with van der Waals surface area (Å²) in [5, 5.41) is 10.9. The van der Waals surface area contributed by atoms with Gasteiger partial charge in [0.2, 0.25) is 0 Å². The number of pyridine rings is 2. The molecular formula is C23H19N3O4. The van der Waals surface area contributed by atoms with Crippen LogP contribution in [0.3, 0.4) is 0 Å². The first-order chi connectivity index (χ1) is 14.5. The van der Waals surface area contributed by atoms with Gasteiger partial charge >= 0.3 is 0 Å². The van der Waals surface area contributed by atoms with Crippen LogP contribution in [0.15, 0.2) is 54.6 Å². The molecule has 1 aliphatic rings. The largest absolute Gasteiger partial charge is 0.497 e. The Labute approximate surface area is 173 Å². The van der Waals surface area contributed by atoms with Gasteiger partial charge in [0.25, 0.3) is 11.8 Å². The van der Waals surface area contributed by atoms with Gasteiger partial charge in [0.05, 0.1) is 29.6 Å². The van der Waals surface area contributed by atoms with Gasteiger partial charge in [-0.2, -0.15) is 0 Å². The minimum atomic E-state index is -0.300. The predicted molar refractivity (Wildman–Crippen MR) is 111 cm³/mol. The standard InChI is InChI=1S/C15H14N2O2.C8H5NO2/c1-11-9-13(19-2)10-15(16-11)14-7-3-5-12(17-14)6-4-8-18;10-7-5-3-1-2-4-6(5)8(11)9-7/h3,5,7,9-10,18H,8H2,1-2H3;1-4H,(H,9,10,11). The lowest BCUT2D eigenvalue weighted by Crippen LogP contribution is -2.19. The van der Waals surface area contributed by atoms with Crippen molar-refractivity contribution < 1.29 is 19.4 Å². The van der Waals surface area contributed by atoms with Gasteiger partial charge in [-0.05, 0) is 37.1 Å².